The molecule has 0 unspecified atom stereocenters. The first-order valence-corrected chi connectivity index (χ1v) is 9.09. The Hall–Kier alpha value is -3.33. The number of cyclic esters (lactones) is 1. The van der Waals surface area contributed by atoms with Crippen LogP contribution in [0.15, 0.2) is 58.4 Å². The predicted molar refractivity (Wildman–Crippen MR) is 97.9 cm³/mol. The summed E-state index contributed by atoms with van der Waals surface area (Å²) in [7, 11) is 0. The van der Waals surface area contributed by atoms with Crippen LogP contribution >= 0.6 is 0 Å². The number of carbonyl (C=O) groups excluding carboxylic acids is 2. The number of nitriles is 1. The molecule has 0 radical (unpaired) electrons. The molecule has 0 saturated carbocycles. The van der Waals surface area contributed by atoms with Gasteiger partial charge in [-0.3, -0.25) is 0 Å². The van der Waals surface area contributed by atoms with E-state index in [2.05, 4.69) is 0 Å². The van der Waals surface area contributed by atoms with Crippen LogP contribution < -0.4 is 0 Å². The molecule has 1 aromatic carbocycles. The number of hydrogen-bond acceptors (Lipinski definition) is 6. The highest BCUT2D eigenvalue weighted by molar-refractivity contribution is 5.94. The van der Waals surface area contributed by atoms with E-state index in [1.165, 1.54) is 0 Å². The Morgan fingerprint density at radius 1 is 1.29 bits per heavy atom. The lowest BCUT2D eigenvalue weighted by molar-refractivity contribution is -0.140. The van der Waals surface area contributed by atoms with Gasteiger partial charge >= 0.3 is 11.9 Å². The van der Waals surface area contributed by atoms with Crippen LogP contribution in [-0.4, -0.2) is 18.0 Å². The van der Waals surface area contributed by atoms with Crippen LogP contribution in [0, 0.1) is 16.7 Å². The monoisotopic (exact) mass is 377 g/mol. The normalized spacial score (nSPS) is 26.4. The van der Waals surface area contributed by atoms with Gasteiger partial charge in [-0.15, -0.1) is 0 Å². The van der Waals surface area contributed by atoms with Gasteiger partial charge in [-0.25, -0.2) is 9.59 Å². The number of rotatable bonds is 3. The fourth-order valence-electron chi connectivity index (χ4n) is 4.22. The Labute approximate surface area is 162 Å². The van der Waals surface area contributed by atoms with E-state index in [4.69, 9.17) is 19.2 Å². The van der Waals surface area contributed by atoms with Gasteiger partial charge in [0.05, 0.1) is 29.7 Å². The van der Waals surface area contributed by atoms with Crippen molar-refractivity contribution in [2.45, 2.75) is 38.9 Å². The van der Waals surface area contributed by atoms with E-state index in [9.17, 15) is 9.59 Å². The lowest BCUT2D eigenvalue weighted by atomic mass is 9.67. The van der Waals surface area contributed by atoms with Gasteiger partial charge in [-0.2, -0.15) is 5.26 Å². The molecular formula is C22H19NO5. The number of hydrogen-bond donors (Lipinski definition) is 0. The summed E-state index contributed by atoms with van der Waals surface area (Å²) >= 11 is 0. The number of ether oxygens (including phenoxy) is 2. The van der Waals surface area contributed by atoms with Crippen molar-refractivity contribution in [3.63, 3.8) is 0 Å². The Morgan fingerprint density at radius 3 is 2.68 bits per heavy atom. The summed E-state index contributed by atoms with van der Waals surface area (Å²) < 4.78 is 16.5. The number of nitrogens with zero attached hydrogens (tertiary/aromatic N) is 1. The molecule has 2 heterocycles. The molecule has 2 aliphatic rings. The molecule has 3 atom stereocenters. The van der Waals surface area contributed by atoms with Gasteiger partial charge in [0, 0.05) is 16.6 Å². The first kappa shape index (κ1) is 18.1. The van der Waals surface area contributed by atoms with Crippen molar-refractivity contribution in [1.29, 1.82) is 5.26 Å². The summed E-state index contributed by atoms with van der Waals surface area (Å²) in [5, 5.41) is 8.87. The molecule has 1 aliphatic carbocycles. The molecule has 2 aromatic rings. The Bertz CT molecular complexity index is 997. The Balaban J connectivity index is 1.59. The van der Waals surface area contributed by atoms with E-state index < -0.39 is 23.6 Å². The second kappa shape index (κ2) is 6.68. The van der Waals surface area contributed by atoms with E-state index >= 15 is 0 Å². The molecular weight excluding hydrogens is 358 g/mol. The Kier molecular flexibility index (Phi) is 4.31. The first-order chi connectivity index (χ1) is 13.4. The first-order valence-electron chi connectivity index (χ1n) is 9.09. The number of benzene rings is 1. The van der Waals surface area contributed by atoms with Crippen LogP contribution in [-0.2, 0) is 14.3 Å². The number of fused-ring (bicyclic) bond motifs is 1. The largest absolute Gasteiger partial charge is 0.472 e. The van der Waals surface area contributed by atoms with Crippen LogP contribution in [0.2, 0.25) is 0 Å². The molecule has 28 heavy (non-hydrogen) atoms. The van der Waals surface area contributed by atoms with Gasteiger partial charge in [0.25, 0.3) is 0 Å². The quantitative estimate of drug-likeness (QED) is 0.749. The van der Waals surface area contributed by atoms with Crippen molar-refractivity contribution in [2.75, 3.05) is 0 Å². The van der Waals surface area contributed by atoms with Gasteiger partial charge < -0.3 is 13.9 Å². The fraction of sp³-hybridized carbons (Fsp3) is 0.318. The third-order valence-corrected chi connectivity index (χ3v) is 5.73. The molecule has 142 valence electrons. The summed E-state index contributed by atoms with van der Waals surface area (Å²) in [5.74, 6) is -0.846. The smallest absolute Gasteiger partial charge is 0.338 e. The highest BCUT2D eigenvalue weighted by Gasteiger charge is 2.54. The van der Waals surface area contributed by atoms with Crippen molar-refractivity contribution in [1.82, 2.24) is 0 Å². The van der Waals surface area contributed by atoms with Crippen molar-refractivity contribution in [3.8, 4) is 6.07 Å². The molecule has 0 amide bonds. The molecule has 1 fully saturated rings. The van der Waals surface area contributed by atoms with Gasteiger partial charge in [0.1, 0.15) is 12.2 Å². The van der Waals surface area contributed by atoms with Crippen molar-refractivity contribution >= 4 is 11.9 Å². The van der Waals surface area contributed by atoms with Crippen molar-refractivity contribution < 1.29 is 23.5 Å². The van der Waals surface area contributed by atoms with Gasteiger partial charge in [0.15, 0.2) is 0 Å². The lowest BCUT2D eigenvalue weighted by Crippen LogP contribution is -2.34. The maximum absolute atomic E-state index is 12.6. The highest BCUT2D eigenvalue weighted by atomic mass is 16.6. The van der Waals surface area contributed by atoms with Crippen LogP contribution in [0.3, 0.4) is 0 Å². The number of furan rings is 1. The standard InChI is InChI=1S/C22H19NO5/c1-13-17(27-20(24)15-5-3-14(11-23)4-6-15)7-9-22(2)18(13)21(25)28-19(22)16-8-10-26-12-16/h3-6,8,10,12,17,19H,7,9H2,1-2H3/t17-,19+,22-/m1/s1. The van der Waals surface area contributed by atoms with Gasteiger partial charge in [0.2, 0.25) is 0 Å². The zero-order chi connectivity index (χ0) is 19.9. The number of carbonyl (C=O) groups is 2. The summed E-state index contributed by atoms with van der Waals surface area (Å²) in [4.78, 5) is 25.1. The van der Waals surface area contributed by atoms with Gasteiger partial charge in [-0.1, -0.05) is 6.92 Å². The van der Waals surface area contributed by atoms with Gasteiger partial charge in [-0.05, 0) is 55.7 Å². The topological polar surface area (TPSA) is 89.5 Å². The van der Waals surface area contributed by atoms with Crippen molar-refractivity contribution in [3.05, 3.63) is 70.7 Å². The predicted octanol–water partition coefficient (Wildman–Crippen LogP) is 4.09. The molecule has 6 nitrogen and oxygen atoms in total. The Morgan fingerprint density at radius 2 is 2.04 bits per heavy atom. The summed E-state index contributed by atoms with van der Waals surface area (Å²) in [6.07, 6.45) is 3.51. The fourth-order valence-corrected chi connectivity index (χ4v) is 4.22. The van der Waals surface area contributed by atoms with E-state index in [0.29, 0.717) is 29.5 Å². The van der Waals surface area contributed by atoms with Crippen LogP contribution in [0.1, 0.15) is 54.3 Å². The minimum Gasteiger partial charge on any atom is -0.472 e. The molecule has 0 bridgehead atoms. The zero-order valence-electron chi connectivity index (χ0n) is 15.6. The van der Waals surface area contributed by atoms with E-state index in [0.717, 1.165) is 11.1 Å². The summed E-state index contributed by atoms with van der Waals surface area (Å²) in [5.41, 5.74) is 2.50. The maximum atomic E-state index is 12.6. The van der Waals surface area contributed by atoms with E-state index in [-0.39, 0.29) is 5.97 Å². The van der Waals surface area contributed by atoms with Crippen LogP contribution in [0.25, 0.3) is 0 Å². The second-order valence-corrected chi connectivity index (χ2v) is 7.44. The average Bonchev–Trinajstić information content (AvgIpc) is 3.31. The molecule has 4 rings (SSSR count). The molecule has 1 aromatic heterocycles. The van der Waals surface area contributed by atoms with E-state index in [1.807, 2.05) is 19.9 Å². The molecule has 0 N–H and O–H groups in total. The SMILES string of the molecule is CC1=C2C(=O)O[C@@H](c3ccoc3)[C@]2(C)CC[C@H]1OC(=O)c1ccc(C#N)cc1. The summed E-state index contributed by atoms with van der Waals surface area (Å²) in [6.45, 7) is 3.83. The lowest BCUT2D eigenvalue weighted by Gasteiger charge is -2.36. The third-order valence-electron chi connectivity index (χ3n) is 5.73. The second-order valence-electron chi connectivity index (χ2n) is 7.44. The van der Waals surface area contributed by atoms with Crippen LogP contribution in [0.5, 0.6) is 0 Å². The summed E-state index contributed by atoms with van der Waals surface area (Å²) in [6, 6.07) is 10.1. The minimum atomic E-state index is -0.484. The van der Waals surface area contributed by atoms with Crippen molar-refractivity contribution in [2.24, 2.45) is 5.41 Å². The number of esters is 2. The molecule has 6 heteroatoms. The zero-order valence-corrected chi connectivity index (χ0v) is 15.6. The third kappa shape index (κ3) is 2.80. The maximum Gasteiger partial charge on any atom is 0.338 e. The highest BCUT2D eigenvalue weighted by Crippen LogP contribution is 2.56. The minimum absolute atomic E-state index is 0.370. The molecule has 1 aliphatic heterocycles. The molecule has 0 spiro atoms. The molecule has 1 saturated heterocycles. The van der Waals surface area contributed by atoms with E-state index in [1.54, 1.807) is 42.9 Å². The average molecular weight is 377 g/mol. The van der Waals surface area contributed by atoms with Crippen LogP contribution in [0.4, 0.5) is 0 Å².